The molecule has 2 aromatic rings. The third kappa shape index (κ3) is 5.01. The van der Waals surface area contributed by atoms with E-state index in [4.69, 9.17) is 0 Å². The predicted octanol–water partition coefficient (Wildman–Crippen LogP) is 2.24. The van der Waals surface area contributed by atoms with E-state index in [1.54, 1.807) is 24.1 Å². The first kappa shape index (κ1) is 20.6. The fraction of sp³-hybridized carbons (Fsp3) is 0.429. The maximum atomic E-state index is 12.6. The van der Waals surface area contributed by atoms with Crippen molar-refractivity contribution in [3.8, 4) is 0 Å². The maximum Gasteiger partial charge on any atom is 0.274 e. The number of carbonyl (C=O) groups excluding carboxylic acids is 2. The van der Waals surface area contributed by atoms with Crippen LogP contribution in [0.1, 0.15) is 31.3 Å². The van der Waals surface area contributed by atoms with Crippen molar-refractivity contribution in [1.29, 1.82) is 0 Å². The molecule has 0 radical (unpaired) electrons. The fourth-order valence-corrected chi connectivity index (χ4v) is 3.39. The average molecular weight is 396 g/mol. The summed E-state index contributed by atoms with van der Waals surface area (Å²) in [5.74, 6) is 0.315. The van der Waals surface area contributed by atoms with Gasteiger partial charge < -0.3 is 20.0 Å². The monoisotopic (exact) mass is 396 g/mol. The number of anilines is 3. The minimum atomic E-state index is -0.272. The summed E-state index contributed by atoms with van der Waals surface area (Å²) in [6.07, 6.45) is 1.60. The summed E-state index contributed by atoms with van der Waals surface area (Å²) in [5, 5.41) is 2.89. The minimum Gasteiger partial charge on any atom is -0.372 e. The molecule has 3 rings (SSSR count). The van der Waals surface area contributed by atoms with Crippen LogP contribution >= 0.6 is 0 Å². The van der Waals surface area contributed by atoms with Gasteiger partial charge in [-0.05, 0) is 44.2 Å². The van der Waals surface area contributed by atoms with Crippen LogP contribution in [0.2, 0.25) is 0 Å². The van der Waals surface area contributed by atoms with E-state index >= 15 is 0 Å². The highest BCUT2D eigenvalue weighted by Crippen LogP contribution is 2.18. The molecule has 0 saturated carbocycles. The number of nitrogens with one attached hydrogen (secondary N) is 1. The van der Waals surface area contributed by atoms with E-state index in [2.05, 4.69) is 34.0 Å². The van der Waals surface area contributed by atoms with Crippen molar-refractivity contribution < 1.29 is 9.59 Å². The number of hydrogen-bond acceptors (Lipinski definition) is 6. The van der Waals surface area contributed by atoms with E-state index < -0.39 is 0 Å². The van der Waals surface area contributed by atoms with Gasteiger partial charge in [-0.3, -0.25) is 9.59 Å². The van der Waals surface area contributed by atoms with Gasteiger partial charge in [-0.1, -0.05) is 0 Å². The lowest BCUT2D eigenvalue weighted by molar-refractivity contribution is -0.129. The van der Waals surface area contributed by atoms with E-state index in [-0.39, 0.29) is 11.8 Å². The van der Waals surface area contributed by atoms with Gasteiger partial charge in [0.15, 0.2) is 0 Å². The molecule has 1 fully saturated rings. The lowest BCUT2D eigenvalue weighted by Crippen LogP contribution is -2.48. The molecule has 1 saturated heterocycles. The van der Waals surface area contributed by atoms with Crippen LogP contribution in [0.4, 0.5) is 17.3 Å². The van der Waals surface area contributed by atoms with Crippen LogP contribution in [-0.4, -0.2) is 66.0 Å². The summed E-state index contributed by atoms with van der Waals surface area (Å²) in [4.78, 5) is 38.9. The molecule has 0 atom stereocenters. The summed E-state index contributed by atoms with van der Waals surface area (Å²) >= 11 is 0. The number of amides is 2. The molecular weight excluding hydrogens is 368 g/mol. The van der Waals surface area contributed by atoms with Gasteiger partial charge in [0.05, 0.1) is 0 Å². The van der Waals surface area contributed by atoms with Gasteiger partial charge in [-0.15, -0.1) is 0 Å². The SMILES string of the molecule is CCN(CC)c1ccc(NC(=O)c2ccnc(N3CCN(C(C)=O)CC3)n2)cc1. The summed E-state index contributed by atoms with van der Waals surface area (Å²) in [5.41, 5.74) is 2.17. The molecule has 1 N–H and O–H groups in total. The Labute approximate surface area is 171 Å². The lowest BCUT2D eigenvalue weighted by atomic mass is 10.2. The zero-order valence-corrected chi connectivity index (χ0v) is 17.3. The van der Waals surface area contributed by atoms with Crippen LogP contribution in [0.25, 0.3) is 0 Å². The number of aromatic nitrogens is 2. The van der Waals surface area contributed by atoms with Crippen LogP contribution in [0, 0.1) is 0 Å². The van der Waals surface area contributed by atoms with Crippen molar-refractivity contribution in [2.75, 3.05) is 54.4 Å². The molecule has 1 aliphatic rings. The zero-order chi connectivity index (χ0) is 20.8. The van der Waals surface area contributed by atoms with Crippen LogP contribution in [0.5, 0.6) is 0 Å². The number of carbonyl (C=O) groups is 2. The fourth-order valence-electron chi connectivity index (χ4n) is 3.39. The molecule has 29 heavy (non-hydrogen) atoms. The molecule has 2 heterocycles. The summed E-state index contributed by atoms with van der Waals surface area (Å²) in [7, 11) is 0. The molecule has 8 heteroatoms. The number of rotatable bonds is 6. The smallest absolute Gasteiger partial charge is 0.274 e. The highest BCUT2D eigenvalue weighted by atomic mass is 16.2. The molecule has 0 aliphatic carbocycles. The largest absolute Gasteiger partial charge is 0.372 e. The Bertz CT molecular complexity index is 843. The van der Waals surface area contributed by atoms with Gasteiger partial charge in [0, 0.05) is 63.8 Å². The molecule has 0 unspecified atom stereocenters. The van der Waals surface area contributed by atoms with E-state index in [1.807, 2.05) is 29.2 Å². The molecule has 1 aromatic heterocycles. The summed E-state index contributed by atoms with van der Waals surface area (Å²) in [6.45, 7) is 10.2. The number of hydrogen-bond donors (Lipinski definition) is 1. The second-order valence-electron chi connectivity index (χ2n) is 6.91. The topological polar surface area (TPSA) is 81.7 Å². The van der Waals surface area contributed by atoms with Crippen molar-refractivity contribution >= 4 is 29.1 Å². The first-order valence-electron chi connectivity index (χ1n) is 10.0. The van der Waals surface area contributed by atoms with E-state index in [1.165, 1.54) is 0 Å². The highest BCUT2D eigenvalue weighted by molar-refractivity contribution is 6.03. The normalized spacial score (nSPS) is 13.9. The van der Waals surface area contributed by atoms with E-state index in [0.29, 0.717) is 37.8 Å². The Morgan fingerprint density at radius 1 is 1.03 bits per heavy atom. The van der Waals surface area contributed by atoms with Crippen LogP contribution < -0.4 is 15.1 Å². The van der Waals surface area contributed by atoms with Gasteiger partial charge in [-0.2, -0.15) is 0 Å². The van der Waals surface area contributed by atoms with Crippen LogP contribution in [0.15, 0.2) is 36.5 Å². The number of benzene rings is 1. The van der Waals surface area contributed by atoms with Gasteiger partial charge in [0.2, 0.25) is 11.9 Å². The van der Waals surface area contributed by atoms with Crippen molar-refractivity contribution in [3.63, 3.8) is 0 Å². The molecule has 2 amide bonds. The highest BCUT2D eigenvalue weighted by Gasteiger charge is 2.21. The molecule has 8 nitrogen and oxygen atoms in total. The first-order chi connectivity index (χ1) is 14.0. The molecular formula is C21H28N6O2. The molecule has 0 spiro atoms. The average Bonchev–Trinajstić information content (AvgIpc) is 2.76. The predicted molar refractivity (Wildman–Crippen MR) is 114 cm³/mol. The van der Waals surface area contributed by atoms with Gasteiger partial charge in [0.25, 0.3) is 5.91 Å². The van der Waals surface area contributed by atoms with Crippen molar-refractivity contribution in [1.82, 2.24) is 14.9 Å². The number of nitrogens with zero attached hydrogens (tertiary/aromatic N) is 5. The number of piperazine rings is 1. The van der Waals surface area contributed by atoms with E-state index in [0.717, 1.165) is 24.5 Å². The standard InChI is InChI=1S/C21H28N6O2/c1-4-25(5-2)18-8-6-17(7-9-18)23-20(29)19-10-11-22-21(24-19)27-14-12-26(13-15-27)16(3)28/h6-11H,4-5,12-15H2,1-3H3,(H,23,29). The van der Waals surface area contributed by atoms with Crippen LogP contribution in [-0.2, 0) is 4.79 Å². The van der Waals surface area contributed by atoms with Crippen molar-refractivity contribution in [2.24, 2.45) is 0 Å². The minimum absolute atomic E-state index is 0.0747. The Morgan fingerprint density at radius 3 is 2.28 bits per heavy atom. The molecule has 0 bridgehead atoms. The van der Waals surface area contributed by atoms with Gasteiger partial charge in [0.1, 0.15) is 5.69 Å². The Balaban J connectivity index is 1.64. The van der Waals surface area contributed by atoms with Crippen molar-refractivity contribution in [2.45, 2.75) is 20.8 Å². The quantitative estimate of drug-likeness (QED) is 0.807. The van der Waals surface area contributed by atoms with Crippen molar-refractivity contribution in [3.05, 3.63) is 42.2 Å². The Morgan fingerprint density at radius 2 is 1.69 bits per heavy atom. The zero-order valence-electron chi connectivity index (χ0n) is 17.3. The molecule has 1 aliphatic heterocycles. The Hall–Kier alpha value is -3.16. The van der Waals surface area contributed by atoms with Crippen LogP contribution in [0.3, 0.4) is 0 Å². The second kappa shape index (κ2) is 9.36. The third-order valence-corrected chi connectivity index (χ3v) is 5.14. The van der Waals surface area contributed by atoms with Gasteiger partial charge >= 0.3 is 0 Å². The summed E-state index contributed by atoms with van der Waals surface area (Å²) < 4.78 is 0. The molecule has 154 valence electrons. The lowest BCUT2D eigenvalue weighted by Gasteiger charge is -2.34. The molecule has 1 aromatic carbocycles. The third-order valence-electron chi connectivity index (χ3n) is 5.14. The maximum absolute atomic E-state index is 12.6. The Kier molecular flexibility index (Phi) is 6.64. The summed E-state index contributed by atoms with van der Waals surface area (Å²) in [6, 6.07) is 9.41. The van der Waals surface area contributed by atoms with Gasteiger partial charge in [-0.25, -0.2) is 9.97 Å². The van der Waals surface area contributed by atoms with E-state index in [9.17, 15) is 9.59 Å². The first-order valence-corrected chi connectivity index (χ1v) is 10.0. The second-order valence-corrected chi connectivity index (χ2v) is 6.91.